The van der Waals surface area contributed by atoms with Gasteiger partial charge < -0.3 is 4.98 Å². The average Bonchev–Trinajstić information content (AvgIpc) is 2.54. The van der Waals surface area contributed by atoms with Crippen molar-refractivity contribution in [3.8, 4) is 0 Å². The fourth-order valence-electron chi connectivity index (χ4n) is 2.37. The predicted octanol–water partition coefficient (Wildman–Crippen LogP) is 2.11. The van der Waals surface area contributed by atoms with Crippen LogP contribution in [0.2, 0.25) is 0 Å². The normalized spacial score (nSPS) is 11.6. The highest BCUT2D eigenvalue weighted by molar-refractivity contribution is 7.90. The van der Waals surface area contributed by atoms with E-state index >= 15 is 0 Å². The fourth-order valence-corrected chi connectivity index (χ4v) is 3.58. The van der Waals surface area contributed by atoms with Crippen molar-refractivity contribution in [2.75, 3.05) is 0 Å². The van der Waals surface area contributed by atoms with E-state index < -0.39 is 26.1 Å². The molecule has 8 nitrogen and oxygen atoms in total. The van der Waals surface area contributed by atoms with E-state index in [-0.39, 0.29) is 27.3 Å². The number of non-ortho nitro benzene ring substituents is 1. The number of rotatable bonds is 4. The highest BCUT2D eigenvalue weighted by Crippen LogP contribution is 2.19. The lowest BCUT2D eigenvalue weighted by atomic mass is 10.2. The van der Waals surface area contributed by atoms with Gasteiger partial charge in [-0.1, -0.05) is 17.7 Å². The molecule has 0 spiro atoms. The van der Waals surface area contributed by atoms with Gasteiger partial charge in [-0.15, -0.1) is 0 Å². The largest absolute Gasteiger partial charge is 0.309 e. The Hall–Kier alpha value is -3.07. The number of nitrogens with one attached hydrogen (secondary N) is 1. The van der Waals surface area contributed by atoms with Gasteiger partial charge in [0.25, 0.3) is 11.2 Å². The predicted molar refractivity (Wildman–Crippen MR) is 91.1 cm³/mol. The summed E-state index contributed by atoms with van der Waals surface area (Å²) in [4.78, 5) is 28.9. The maximum absolute atomic E-state index is 12.5. The second kappa shape index (κ2) is 6.10. The van der Waals surface area contributed by atoms with Gasteiger partial charge in [-0.2, -0.15) is 0 Å². The monoisotopic (exact) mass is 359 g/mol. The molecule has 0 atom stereocenters. The van der Waals surface area contributed by atoms with E-state index in [0.717, 1.165) is 11.6 Å². The van der Waals surface area contributed by atoms with Crippen LogP contribution in [0.4, 0.5) is 5.69 Å². The quantitative estimate of drug-likeness (QED) is 0.562. The maximum Gasteiger partial charge on any atom is 0.270 e. The molecule has 25 heavy (non-hydrogen) atoms. The molecule has 1 N–H and O–H groups in total. The molecule has 0 saturated heterocycles. The van der Waals surface area contributed by atoms with Crippen molar-refractivity contribution >= 4 is 26.4 Å². The molecule has 1 aromatic heterocycles. The summed E-state index contributed by atoms with van der Waals surface area (Å²) in [6.45, 7) is 1.85. The molecule has 3 aromatic rings. The molecule has 128 valence electrons. The summed E-state index contributed by atoms with van der Waals surface area (Å²) in [6.07, 6.45) is 0. The Morgan fingerprint density at radius 3 is 2.48 bits per heavy atom. The summed E-state index contributed by atoms with van der Waals surface area (Å²) in [5.74, 6) is -0.495. The maximum atomic E-state index is 12.5. The van der Waals surface area contributed by atoms with Crippen LogP contribution in [0, 0.1) is 17.0 Å². The van der Waals surface area contributed by atoms with E-state index in [1.807, 2.05) is 6.92 Å². The molecule has 1 heterocycles. The highest BCUT2D eigenvalue weighted by Gasteiger charge is 2.18. The van der Waals surface area contributed by atoms with Gasteiger partial charge >= 0.3 is 0 Å². The first-order valence-corrected chi connectivity index (χ1v) is 8.88. The van der Waals surface area contributed by atoms with Crippen LogP contribution >= 0.6 is 0 Å². The summed E-state index contributed by atoms with van der Waals surface area (Å²) in [7, 11) is -3.68. The minimum absolute atomic E-state index is 0.0214. The van der Waals surface area contributed by atoms with Crippen LogP contribution in [0.1, 0.15) is 11.4 Å². The number of hydrogen-bond acceptors (Lipinski definition) is 6. The molecule has 2 aromatic carbocycles. The van der Waals surface area contributed by atoms with Gasteiger partial charge in [0.2, 0.25) is 0 Å². The van der Waals surface area contributed by atoms with Gasteiger partial charge in [-0.05, 0) is 25.1 Å². The minimum atomic E-state index is -3.68. The Morgan fingerprint density at radius 1 is 1.16 bits per heavy atom. The number of aryl methyl sites for hydroxylation is 1. The number of nitro benzene ring substituents is 1. The van der Waals surface area contributed by atoms with Crippen molar-refractivity contribution in [2.45, 2.75) is 17.6 Å². The molecule has 9 heteroatoms. The number of nitro groups is 1. The van der Waals surface area contributed by atoms with Crippen LogP contribution in [0.15, 0.2) is 52.2 Å². The highest BCUT2D eigenvalue weighted by atomic mass is 32.2. The Labute approximate surface area is 142 Å². The molecular formula is C16H13N3O5S. The van der Waals surface area contributed by atoms with Gasteiger partial charge in [-0.25, -0.2) is 13.4 Å². The molecule has 0 bridgehead atoms. The van der Waals surface area contributed by atoms with Crippen LogP contribution < -0.4 is 5.56 Å². The Balaban J connectivity index is 2.02. The Bertz CT molecular complexity index is 1130. The van der Waals surface area contributed by atoms with E-state index in [0.29, 0.717) is 0 Å². The van der Waals surface area contributed by atoms with Crippen molar-refractivity contribution in [1.29, 1.82) is 0 Å². The first-order valence-electron chi connectivity index (χ1n) is 7.23. The molecule has 0 amide bonds. The Kier molecular flexibility index (Phi) is 4.09. The molecule has 0 fully saturated rings. The van der Waals surface area contributed by atoms with Crippen molar-refractivity contribution in [3.63, 3.8) is 0 Å². The number of nitrogens with zero attached hydrogens (tertiary/aromatic N) is 2. The number of sulfone groups is 1. The van der Waals surface area contributed by atoms with Crippen LogP contribution in [0.25, 0.3) is 10.9 Å². The molecule has 0 aliphatic heterocycles. The average molecular weight is 359 g/mol. The van der Waals surface area contributed by atoms with Crippen LogP contribution in [-0.2, 0) is 15.6 Å². The number of aromatic nitrogens is 2. The van der Waals surface area contributed by atoms with Crippen molar-refractivity contribution in [2.24, 2.45) is 0 Å². The second-order valence-electron chi connectivity index (χ2n) is 5.54. The van der Waals surface area contributed by atoms with Gasteiger partial charge in [-0.3, -0.25) is 14.9 Å². The van der Waals surface area contributed by atoms with E-state index in [1.165, 1.54) is 24.3 Å². The summed E-state index contributed by atoms with van der Waals surface area (Å²) < 4.78 is 24.9. The van der Waals surface area contributed by atoms with Crippen LogP contribution in [0.5, 0.6) is 0 Å². The zero-order valence-electron chi connectivity index (χ0n) is 13.1. The van der Waals surface area contributed by atoms with Gasteiger partial charge in [0, 0.05) is 12.1 Å². The fraction of sp³-hybridized carbons (Fsp3) is 0.125. The smallest absolute Gasteiger partial charge is 0.270 e. The summed E-state index contributed by atoms with van der Waals surface area (Å²) in [6, 6.07) is 10.0. The van der Waals surface area contributed by atoms with Gasteiger partial charge in [0.1, 0.15) is 11.6 Å². The number of H-pyrrole nitrogens is 1. The first kappa shape index (κ1) is 16.8. The van der Waals surface area contributed by atoms with Crippen molar-refractivity contribution in [1.82, 2.24) is 9.97 Å². The lowest BCUT2D eigenvalue weighted by Crippen LogP contribution is -2.15. The number of aromatic amines is 1. The zero-order chi connectivity index (χ0) is 18.2. The molecular weight excluding hydrogens is 346 g/mol. The SMILES string of the molecule is Cc1ccc(S(=O)(=O)Cc2nc3ccc([N+](=O)[O-])cc3c(=O)[nH]2)cc1. The van der Waals surface area contributed by atoms with Crippen molar-refractivity contribution in [3.05, 3.63) is 74.3 Å². The van der Waals surface area contributed by atoms with Crippen molar-refractivity contribution < 1.29 is 13.3 Å². The van der Waals surface area contributed by atoms with Gasteiger partial charge in [0.05, 0.1) is 20.7 Å². The molecule has 0 radical (unpaired) electrons. The number of benzene rings is 2. The third kappa shape index (κ3) is 3.41. The lowest BCUT2D eigenvalue weighted by Gasteiger charge is -2.06. The van der Waals surface area contributed by atoms with Crippen LogP contribution in [0.3, 0.4) is 0 Å². The summed E-state index contributed by atoms with van der Waals surface area (Å²) in [5.41, 5.74) is 0.267. The second-order valence-corrected chi connectivity index (χ2v) is 7.53. The van der Waals surface area contributed by atoms with E-state index in [1.54, 1.807) is 12.1 Å². The topological polar surface area (TPSA) is 123 Å². The standard InChI is InChI=1S/C16H13N3O5S/c1-10-2-5-12(6-3-10)25(23,24)9-15-17-14-7-4-11(19(21)22)8-13(14)16(20)18-15/h2-8H,9H2,1H3,(H,17,18,20). The van der Waals surface area contributed by atoms with E-state index in [9.17, 15) is 23.3 Å². The zero-order valence-corrected chi connectivity index (χ0v) is 13.9. The summed E-state index contributed by atoms with van der Waals surface area (Å²) >= 11 is 0. The molecule has 0 aliphatic rings. The van der Waals surface area contributed by atoms with E-state index in [2.05, 4.69) is 9.97 Å². The first-order chi connectivity index (χ1) is 11.8. The third-order valence-electron chi connectivity index (χ3n) is 3.66. The molecule has 0 saturated carbocycles. The molecule has 0 unspecified atom stereocenters. The molecule has 3 rings (SSSR count). The van der Waals surface area contributed by atoms with E-state index in [4.69, 9.17) is 0 Å². The lowest BCUT2D eigenvalue weighted by molar-refractivity contribution is -0.384. The Morgan fingerprint density at radius 2 is 1.84 bits per heavy atom. The number of hydrogen-bond donors (Lipinski definition) is 1. The minimum Gasteiger partial charge on any atom is -0.309 e. The third-order valence-corrected chi connectivity index (χ3v) is 5.30. The molecule has 0 aliphatic carbocycles. The number of fused-ring (bicyclic) bond motifs is 1. The van der Waals surface area contributed by atoms with Gasteiger partial charge in [0.15, 0.2) is 9.84 Å². The summed E-state index contributed by atoms with van der Waals surface area (Å²) in [5, 5.41) is 10.8. The van der Waals surface area contributed by atoms with Crippen LogP contribution in [-0.4, -0.2) is 23.3 Å².